The number of hydrogen-bond donors (Lipinski definition) is 3. The van der Waals surface area contributed by atoms with Crippen molar-refractivity contribution in [1.29, 1.82) is 0 Å². The van der Waals surface area contributed by atoms with Crippen LogP contribution in [-0.2, 0) is 16.6 Å². The average molecular weight is 289 g/mol. The van der Waals surface area contributed by atoms with Crippen molar-refractivity contribution in [1.82, 2.24) is 14.9 Å². The minimum absolute atomic E-state index is 0.108. The number of H-pyrrole nitrogens is 1. The van der Waals surface area contributed by atoms with Crippen molar-refractivity contribution in [2.24, 2.45) is 5.92 Å². The zero-order valence-corrected chi connectivity index (χ0v) is 12.7. The molecule has 0 aromatic carbocycles. The van der Waals surface area contributed by atoms with E-state index in [0.717, 1.165) is 12.8 Å². The van der Waals surface area contributed by atoms with Crippen LogP contribution in [-0.4, -0.2) is 29.8 Å². The van der Waals surface area contributed by atoms with Crippen LogP contribution in [0.3, 0.4) is 0 Å². The van der Waals surface area contributed by atoms with E-state index in [1.165, 1.54) is 0 Å². The van der Waals surface area contributed by atoms with Gasteiger partial charge in [-0.1, -0.05) is 20.3 Å². The monoisotopic (exact) mass is 289 g/mol. The van der Waals surface area contributed by atoms with E-state index in [2.05, 4.69) is 28.8 Å². The van der Waals surface area contributed by atoms with Gasteiger partial charge >= 0.3 is 0 Å². The van der Waals surface area contributed by atoms with Gasteiger partial charge in [0.05, 0.1) is 6.61 Å². The van der Waals surface area contributed by atoms with Crippen LogP contribution in [0.15, 0.2) is 5.03 Å². The molecule has 1 heterocycles. The lowest BCUT2D eigenvalue weighted by atomic mass is 10.0. The first-order valence-electron chi connectivity index (χ1n) is 6.48. The Hall–Kier alpha value is -0.920. The van der Waals surface area contributed by atoms with Crippen LogP contribution in [0.25, 0.3) is 0 Å². The number of rotatable bonds is 7. The fourth-order valence-electron chi connectivity index (χ4n) is 1.98. The Morgan fingerprint density at radius 2 is 2.05 bits per heavy atom. The molecule has 1 rings (SSSR count). The summed E-state index contributed by atoms with van der Waals surface area (Å²) < 4.78 is 27.0. The molecule has 0 amide bonds. The molecule has 7 heteroatoms. The molecule has 19 heavy (non-hydrogen) atoms. The average Bonchev–Trinajstić information content (AvgIpc) is 2.69. The minimum atomic E-state index is -3.69. The second-order valence-electron chi connectivity index (χ2n) is 5.06. The summed E-state index contributed by atoms with van der Waals surface area (Å²) in [5.41, 5.74) is 0.890. The van der Waals surface area contributed by atoms with Gasteiger partial charge in [-0.2, -0.15) is 5.10 Å². The molecule has 0 spiro atoms. The molecule has 6 nitrogen and oxygen atoms in total. The fraction of sp³-hybridized carbons (Fsp3) is 0.750. The molecular formula is C12H23N3O3S. The van der Waals surface area contributed by atoms with Crippen LogP contribution in [0, 0.1) is 12.8 Å². The fourth-order valence-corrected chi connectivity index (χ4v) is 3.42. The molecule has 1 aromatic rings. The highest BCUT2D eigenvalue weighted by Crippen LogP contribution is 2.17. The molecule has 2 unspecified atom stereocenters. The number of sulfonamides is 1. The standard InChI is InChI=1S/C12H23N3O3S/c1-5-8(2)6-9(3)15-19(17,18)12-11(7-16)10(4)13-14-12/h8-9,15-16H,5-7H2,1-4H3,(H,13,14). The maximum atomic E-state index is 12.2. The van der Waals surface area contributed by atoms with Crippen LogP contribution >= 0.6 is 0 Å². The molecule has 110 valence electrons. The largest absolute Gasteiger partial charge is 0.392 e. The van der Waals surface area contributed by atoms with E-state index < -0.39 is 10.0 Å². The number of hydrogen-bond acceptors (Lipinski definition) is 4. The maximum Gasteiger partial charge on any atom is 0.260 e. The van der Waals surface area contributed by atoms with Crippen molar-refractivity contribution < 1.29 is 13.5 Å². The third-order valence-corrected chi connectivity index (χ3v) is 4.82. The second-order valence-corrected chi connectivity index (χ2v) is 6.69. The van der Waals surface area contributed by atoms with Crippen molar-refractivity contribution in [2.75, 3.05) is 0 Å². The van der Waals surface area contributed by atoms with Gasteiger partial charge < -0.3 is 5.11 Å². The zero-order chi connectivity index (χ0) is 14.6. The smallest absolute Gasteiger partial charge is 0.260 e. The number of aryl methyl sites for hydroxylation is 1. The molecule has 0 bridgehead atoms. The van der Waals surface area contributed by atoms with Crippen molar-refractivity contribution >= 4 is 10.0 Å². The summed E-state index contributed by atoms with van der Waals surface area (Å²) in [7, 11) is -3.69. The van der Waals surface area contributed by atoms with Gasteiger partial charge in [-0.25, -0.2) is 13.1 Å². The van der Waals surface area contributed by atoms with Gasteiger partial charge in [-0.05, 0) is 26.2 Å². The Labute approximate surface area is 114 Å². The quantitative estimate of drug-likeness (QED) is 0.705. The Morgan fingerprint density at radius 1 is 1.42 bits per heavy atom. The molecule has 3 N–H and O–H groups in total. The topological polar surface area (TPSA) is 95.1 Å². The summed E-state index contributed by atoms with van der Waals surface area (Å²) in [6.45, 7) is 7.33. The third kappa shape index (κ3) is 4.02. The van der Waals surface area contributed by atoms with Crippen LogP contribution < -0.4 is 4.72 Å². The first-order chi connectivity index (χ1) is 8.81. The number of aliphatic hydroxyl groups excluding tert-OH is 1. The van der Waals surface area contributed by atoms with E-state index in [0.29, 0.717) is 17.2 Å². The molecule has 1 aromatic heterocycles. The van der Waals surface area contributed by atoms with Crippen LogP contribution in [0.5, 0.6) is 0 Å². The van der Waals surface area contributed by atoms with E-state index >= 15 is 0 Å². The summed E-state index contributed by atoms with van der Waals surface area (Å²) in [5.74, 6) is 0.455. The second kappa shape index (κ2) is 6.49. The first kappa shape index (κ1) is 16.1. The van der Waals surface area contributed by atoms with Crippen molar-refractivity contribution in [3.8, 4) is 0 Å². The minimum Gasteiger partial charge on any atom is -0.392 e. The molecule has 0 fully saturated rings. The lowest BCUT2D eigenvalue weighted by molar-refractivity contribution is 0.277. The van der Waals surface area contributed by atoms with E-state index in [1.807, 2.05) is 6.92 Å². The van der Waals surface area contributed by atoms with E-state index in [4.69, 9.17) is 0 Å². The summed E-state index contributed by atoms with van der Waals surface area (Å²) in [4.78, 5) is 0. The normalized spacial score (nSPS) is 15.4. The summed E-state index contributed by atoms with van der Waals surface area (Å²) in [6.07, 6.45) is 1.78. The summed E-state index contributed by atoms with van der Waals surface area (Å²) in [6, 6.07) is -0.163. The Morgan fingerprint density at radius 3 is 2.58 bits per heavy atom. The number of nitrogens with one attached hydrogen (secondary N) is 2. The summed E-state index contributed by atoms with van der Waals surface area (Å²) in [5, 5.41) is 15.5. The Balaban J connectivity index is 2.86. The molecule has 0 aliphatic carbocycles. The molecular weight excluding hydrogens is 266 g/mol. The predicted octanol–water partition coefficient (Wildman–Crippen LogP) is 1.31. The SMILES string of the molecule is CCC(C)CC(C)NS(=O)(=O)c1n[nH]c(C)c1CO. The van der Waals surface area contributed by atoms with E-state index in [9.17, 15) is 13.5 Å². The van der Waals surface area contributed by atoms with Crippen molar-refractivity contribution in [3.63, 3.8) is 0 Å². The number of aromatic amines is 1. The molecule has 0 saturated heterocycles. The first-order valence-corrected chi connectivity index (χ1v) is 7.97. The van der Waals surface area contributed by atoms with Crippen LogP contribution in [0.2, 0.25) is 0 Å². The highest BCUT2D eigenvalue weighted by Gasteiger charge is 2.25. The third-order valence-electron chi connectivity index (χ3n) is 3.26. The highest BCUT2D eigenvalue weighted by atomic mass is 32.2. The Bertz CT molecular complexity index is 510. The van der Waals surface area contributed by atoms with Gasteiger partial charge in [-0.15, -0.1) is 0 Å². The number of aliphatic hydroxyl groups is 1. The molecule has 0 radical (unpaired) electrons. The van der Waals surface area contributed by atoms with Gasteiger partial charge in [0, 0.05) is 17.3 Å². The van der Waals surface area contributed by atoms with Crippen LogP contribution in [0.4, 0.5) is 0 Å². The van der Waals surface area contributed by atoms with Gasteiger partial charge in [0.1, 0.15) is 0 Å². The van der Waals surface area contributed by atoms with Gasteiger partial charge in [0.2, 0.25) is 0 Å². The van der Waals surface area contributed by atoms with E-state index in [1.54, 1.807) is 6.92 Å². The zero-order valence-electron chi connectivity index (χ0n) is 11.9. The predicted molar refractivity (Wildman–Crippen MR) is 73.1 cm³/mol. The van der Waals surface area contributed by atoms with Crippen molar-refractivity contribution in [2.45, 2.75) is 58.2 Å². The molecule has 2 atom stereocenters. The van der Waals surface area contributed by atoms with Gasteiger partial charge in [0.25, 0.3) is 10.0 Å². The molecule has 0 aliphatic rings. The van der Waals surface area contributed by atoms with Gasteiger partial charge in [-0.3, -0.25) is 5.10 Å². The molecule has 0 saturated carbocycles. The number of aromatic nitrogens is 2. The van der Waals surface area contributed by atoms with Crippen molar-refractivity contribution in [3.05, 3.63) is 11.3 Å². The van der Waals surface area contributed by atoms with E-state index in [-0.39, 0.29) is 17.7 Å². The lowest BCUT2D eigenvalue weighted by Gasteiger charge is -2.17. The highest BCUT2D eigenvalue weighted by molar-refractivity contribution is 7.89. The Kier molecular flexibility index (Phi) is 5.51. The summed E-state index contributed by atoms with van der Waals surface area (Å²) >= 11 is 0. The number of nitrogens with zero attached hydrogens (tertiary/aromatic N) is 1. The molecule has 0 aliphatic heterocycles. The lowest BCUT2D eigenvalue weighted by Crippen LogP contribution is -2.34. The van der Waals surface area contributed by atoms with Crippen LogP contribution in [0.1, 0.15) is 44.9 Å². The van der Waals surface area contributed by atoms with Gasteiger partial charge in [0.15, 0.2) is 5.03 Å². The maximum absolute atomic E-state index is 12.2.